The Balaban J connectivity index is 5.61. The summed E-state index contributed by atoms with van der Waals surface area (Å²) in [5.74, 6) is -0.732. The van der Waals surface area contributed by atoms with Gasteiger partial charge in [-0.15, -0.1) is 0 Å². The lowest BCUT2D eigenvalue weighted by Gasteiger charge is -2.45. The molecule has 0 radical (unpaired) electrons. The summed E-state index contributed by atoms with van der Waals surface area (Å²) >= 11 is 0. The van der Waals surface area contributed by atoms with Crippen molar-refractivity contribution in [3.63, 3.8) is 0 Å². The third-order valence-electron chi connectivity index (χ3n) is 5.30. The maximum absolute atomic E-state index is 6.75. The number of hydrogen-bond acceptors (Lipinski definition) is 3. The van der Waals surface area contributed by atoms with Crippen LogP contribution in [0.15, 0.2) is 12.7 Å². The second-order valence-electron chi connectivity index (χ2n) is 6.14. The van der Waals surface area contributed by atoms with Gasteiger partial charge >= 0.3 is 0 Å². The summed E-state index contributed by atoms with van der Waals surface area (Å²) in [5.41, 5.74) is 0. The van der Waals surface area contributed by atoms with Gasteiger partial charge in [0, 0.05) is 0 Å². The fourth-order valence-corrected chi connectivity index (χ4v) is 9.27. The predicted molar refractivity (Wildman–Crippen MR) is 105 cm³/mol. The van der Waals surface area contributed by atoms with Gasteiger partial charge < -0.3 is 13.3 Å². The quantitative estimate of drug-likeness (QED) is 0.279. The van der Waals surface area contributed by atoms with E-state index in [9.17, 15) is 0 Å². The fourth-order valence-electron chi connectivity index (χ4n) is 3.09. The van der Waals surface area contributed by atoms with Gasteiger partial charge in [-0.25, -0.2) is 0 Å². The predicted octanol–water partition coefficient (Wildman–Crippen LogP) is 4.21. The van der Waals surface area contributed by atoms with Crippen molar-refractivity contribution >= 4 is 27.1 Å². The molecule has 0 heterocycles. The number of rotatable bonds is 13. The van der Waals surface area contributed by atoms with E-state index in [0.29, 0.717) is 17.1 Å². The van der Waals surface area contributed by atoms with E-state index in [1.807, 2.05) is 6.08 Å². The van der Waals surface area contributed by atoms with Crippen LogP contribution in [0.1, 0.15) is 41.5 Å². The number of hydrogen-bond donors (Lipinski definition) is 0. The SMILES string of the molecule is C=CC(CO[SiH3])(O[Si](CC)(CC)CC)O[Si](CC)(CC)CC. The van der Waals surface area contributed by atoms with Crippen LogP contribution >= 0.6 is 0 Å². The highest BCUT2D eigenvalue weighted by molar-refractivity contribution is 6.74. The smallest absolute Gasteiger partial charge is 0.196 e. The molecule has 0 aromatic rings. The minimum atomic E-state index is -1.79. The van der Waals surface area contributed by atoms with Crippen molar-refractivity contribution < 1.29 is 13.3 Å². The normalized spacial score (nSPS) is 13.5. The first kappa shape index (κ1) is 22.3. The average Bonchev–Trinajstić information content (AvgIpc) is 2.58. The van der Waals surface area contributed by atoms with E-state index in [0.717, 1.165) is 36.3 Å². The maximum atomic E-state index is 6.75. The molecule has 0 amide bonds. The largest absolute Gasteiger partial charge is 0.422 e. The van der Waals surface area contributed by atoms with Crippen LogP contribution in [0.5, 0.6) is 0 Å². The Morgan fingerprint density at radius 1 is 0.818 bits per heavy atom. The molecule has 22 heavy (non-hydrogen) atoms. The summed E-state index contributed by atoms with van der Waals surface area (Å²) in [7, 11) is -2.89. The first-order valence-corrected chi connectivity index (χ1v) is 14.8. The van der Waals surface area contributed by atoms with Gasteiger partial charge in [-0.05, 0) is 42.3 Å². The van der Waals surface area contributed by atoms with E-state index in [4.69, 9.17) is 13.3 Å². The minimum absolute atomic E-state index is 0.492. The lowest BCUT2D eigenvalue weighted by atomic mass is 10.3. The van der Waals surface area contributed by atoms with Crippen LogP contribution in [0, 0.1) is 0 Å². The fraction of sp³-hybridized carbons (Fsp3) is 0.875. The highest BCUT2D eigenvalue weighted by Gasteiger charge is 2.45. The van der Waals surface area contributed by atoms with Crippen molar-refractivity contribution in [2.45, 2.75) is 83.6 Å². The Hall–Kier alpha value is 0.271. The van der Waals surface area contributed by atoms with E-state index in [2.05, 4.69) is 48.1 Å². The lowest BCUT2D eigenvalue weighted by molar-refractivity contribution is -0.114. The van der Waals surface area contributed by atoms with Gasteiger partial charge in [0.25, 0.3) is 0 Å². The van der Waals surface area contributed by atoms with E-state index < -0.39 is 22.4 Å². The molecule has 0 saturated carbocycles. The van der Waals surface area contributed by atoms with Gasteiger partial charge in [0.05, 0.1) is 6.61 Å². The Kier molecular flexibility index (Phi) is 10.3. The molecule has 0 rings (SSSR count). The first-order chi connectivity index (χ1) is 10.4. The zero-order chi connectivity index (χ0) is 17.3. The van der Waals surface area contributed by atoms with Gasteiger partial charge in [-0.1, -0.05) is 48.1 Å². The third-order valence-corrected chi connectivity index (χ3v) is 14.9. The molecule has 3 nitrogen and oxygen atoms in total. The molecule has 0 bridgehead atoms. The standard InChI is InChI=1S/C16H38O3Si3/c1-8-16(15-17-20,18-21(9-2,10-3)11-4)19-22(12-5,13-6)14-7/h8H,1,9-15H2,2-7,20H3. The zero-order valence-corrected chi connectivity index (χ0v) is 20.0. The first-order valence-electron chi connectivity index (χ1n) is 8.93. The molecular weight excluding hydrogens is 324 g/mol. The maximum Gasteiger partial charge on any atom is 0.196 e. The summed E-state index contributed by atoms with van der Waals surface area (Å²) in [6, 6.07) is 6.66. The Bertz CT molecular complexity index is 277. The minimum Gasteiger partial charge on any atom is -0.422 e. The van der Waals surface area contributed by atoms with Crippen LogP contribution < -0.4 is 0 Å². The molecule has 0 aliphatic rings. The Morgan fingerprint density at radius 2 is 1.14 bits per heavy atom. The van der Waals surface area contributed by atoms with Crippen LogP contribution in [0.4, 0.5) is 0 Å². The van der Waals surface area contributed by atoms with Gasteiger partial charge in [-0.3, -0.25) is 0 Å². The molecule has 0 aliphatic carbocycles. The molecule has 0 spiro atoms. The van der Waals surface area contributed by atoms with Crippen LogP contribution in [0.25, 0.3) is 0 Å². The molecule has 0 saturated heterocycles. The average molecular weight is 363 g/mol. The molecule has 0 atom stereocenters. The molecule has 6 heteroatoms. The van der Waals surface area contributed by atoms with E-state index in [1.54, 1.807) is 0 Å². The zero-order valence-electron chi connectivity index (χ0n) is 16.0. The van der Waals surface area contributed by atoms with Gasteiger partial charge in [0.1, 0.15) is 10.5 Å². The van der Waals surface area contributed by atoms with Crippen molar-refractivity contribution in [3.05, 3.63) is 12.7 Å². The molecule has 0 aliphatic heterocycles. The molecule has 0 unspecified atom stereocenters. The summed E-state index contributed by atoms with van der Waals surface area (Å²) in [5, 5.41) is 0. The van der Waals surface area contributed by atoms with Gasteiger partial charge in [0.15, 0.2) is 22.4 Å². The van der Waals surface area contributed by atoms with Crippen molar-refractivity contribution in [1.82, 2.24) is 0 Å². The summed E-state index contributed by atoms with van der Waals surface area (Å²) in [6.45, 7) is 18.0. The Labute approximate surface area is 143 Å². The second kappa shape index (κ2) is 10.2. The van der Waals surface area contributed by atoms with Gasteiger partial charge in [0.2, 0.25) is 0 Å². The molecular formula is C16H38O3Si3. The monoisotopic (exact) mass is 362 g/mol. The van der Waals surface area contributed by atoms with Crippen LogP contribution in [0.3, 0.4) is 0 Å². The molecule has 0 fully saturated rings. The van der Waals surface area contributed by atoms with Crippen molar-refractivity contribution in [2.75, 3.05) is 6.61 Å². The second-order valence-corrected chi connectivity index (χ2v) is 16.1. The van der Waals surface area contributed by atoms with E-state index >= 15 is 0 Å². The molecule has 0 N–H and O–H groups in total. The van der Waals surface area contributed by atoms with Crippen LogP contribution in [-0.4, -0.2) is 39.5 Å². The Morgan fingerprint density at radius 3 is 1.32 bits per heavy atom. The highest BCUT2D eigenvalue weighted by Crippen LogP contribution is 2.35. The summed E-state index contributed by atoms with van der Waals surface area (Å²) in [4.78, 5) is 0. The van der Waals surface area contributed by atoms with E-state index in [-0.39, 0.29) is 0 Å². The summed E-state index contributed by atoms with van der Waals surface area (Å²) < 4.78 is 19.1. The molecule has 0 aromatic heterocycles. The van der Waals surface area contributed by atoms with Crippen LogP contribution in [0.2, 0.25) is 36.3 Å². The highest BCUT2D eigenvalue weighted by atomic mass is 28.4. The van der Waals surface area contributed by atoms with Crippen LogP contribution in [-0.2, 0) is 13.3 Å². The van der Waals surface area contributed by atoms with Crippen molar-refractivity contribution in [1.29, 1.82) is 0 Å². The summed E-state index contributed by atoms with van der Waals surface area (Å²) in [6.07, 6.45) is 1.87. The topological polar surface area (TPSA) is 27.7 Å². The third kappa shape index (κ3) is 5.42. The lowest BCUT2D eigenvalue weighted by Crippen LogP contribution is -2.56. The van der Waals surface area contributed by atoms with E-state index in [1.165, 1.54) is 0 Å². The van der Waals surface area contributed by atoms with Crippen molar-refractivity contribution in [2.24, 2.45) is 0 Å². The molecule has 0 aromatic carbocycles. The van der Waals surface area contributed by atoms with Crippen molar-refractivity contribution in [3.8, 4) is 0 Å². The molecule has 132 valence electrons. The van der Waals surface area contributed by atoms with Gasteiger partial charge in [-0.2, -0.15) is 0 Å².